The first-order valence-corrected chi connectivity index (χ1v) is 6.84. The summed E-state index contributed by atoms with van der Waals surface area (Å²) >= 11 is 0. The van der Waals surface area contributed by atoms with Crippen molar-refractivity contribution in [3.63, 3.8) is 0 Å². The Labute approximate surface area is 130 Å². The lowest BCUT2D eigenvalue weighted by atomic mass is 9.98. The highest BCUT2D eigenvalue weighted by atomic mass is 16.7. The van der Waals surface area contributed by atoms with Crippen molar-refractivity contribution in [2.75, 3.05) is 13.2 Å². The number of hydrogen-bond donors (Lipinski definition) is 8. The van der Waals surface area contributed by atoms with Gasteiger partial charge < -0.3 is 55.1 Å². The van der Waals surface area contributed by atoms with Crippen LogP contribution >= 0.6 is 0 Å². The van der Waals surface area contributed by atoms with Gasteiger partial charge in [0.25, 0.3) is 0 Å². The number of aldehydes is 1. The Bertz CT molecular complexity index is 365. The second-order valence-electron chi connectivity index (χ2n) is 5.17. The Kier molecular flexibility index (Phi) is 7.89. The van der Waals surface area contributed by atoms with E-state index in [4.69, 9.17) is 19.7 Å². The monoisotopic (exact) mass is 342 g/mol. The normalized spacial score (nSPS) is 37.0. The van der Waals surface area contributed by atoms with Gasteiger partial charge in [0.2, 0.25) is 0 Å². The van der Waals surface area contributed by atoms with Gasteiger partial charge in [0, 0.05) is 0 Å². The molecule has 11 nitrogen and oxygen atoms in total. The molecule has 0 aromatic rings. The van der Waals surface area contributed by atoms with Crippen LogP contribution in [0.4, 0.5) is 0 Å². The van der Waals surface area contributed by atoms with Crippen LogP contribution in [-0.4, -0.2) is 115 Å². The van der Waals surface area contributed by atoms with Crippen LogP contribution in [0, 0.1) is 0 Å². The molecule has 0 spiro atoms. The molecule has 0 aliphatic carbocycles. The van der Waals surface area contributed by atoms with Crippen LogP contribution < -0.4 is 0 Å². The largest absolute Gasteiger partial charge is 0.394 e. The molecule has 0 bridgehead atoms. The van der Waals surface area contributed by atoms with Crippen molar-refractivity contribution < 1.29 is 55.1 Å². The molecule has 0 aromatic carbocycles. The minimum absolute atomic E-state index is 0.0294. The van der Waals surface area contributed by atoms with Crippen molar-refractivity contribution in [1.82, 2.24) is 0 Å². The van der Waals surface area contributed by atoms with Crippen LogP contribution in [-0.2, 0) is 14.3 Å². The third-order valence-corrected chi connectivity index (χ3v) is 3.53. The molecule has 136 valence electrons. The quantitative estimate of drug-likeness (QED) is 0.196. The average Bonchev–Trinajstić information content (AvgIpc) is 2.57. The Morgan fingerprint density at radius 1 is 1.04 bits per heavy atom. The molecular formula is C12H22O11. The molecule has 1 fully saturated rings. The fourth-order valence-corrected chi connectivity index (χ4v) is 2.11. The summed E-state index contributed by atoms with van der Waals surface area (Å²) < 4.78 is 10.1. The lowest BCUT2D eigenvalue weighted by Crippen LogP contribution is -2.61. The fourth-order valence-electron chi connectivity index (χ4n) is 2.11. The van der Waals surface area contributed by atoms with E-state index in [1.165, 1.54) is 0 Å². The number of rotatable bonds is 8. The van der Waals surface area contributed by atoms with Gasteiger partial charge in [0.15, 0.2) is 12.6 Å². The molecule has 23 heavy (non-hydrogen) atoms. The van der Waals surface area contributed by atoms with E-state index in [2.05, 4.69) is 0 Å². The summed E-state index contributed by atoms with van der Waals surface area (Å²) in [6.45, 7) is -1.64. The van der Waals surface area contributed by atoms with Crippen molar-refractivity contribution in [2.45, 2.75) is 55.1 Å². The van der Waals surface area contributed by atoms with E-state index in [9.17, 15) is 35.4 Å². The van der Waals surface area contributed by atoms with E-state index >= 15 is 0 Å². The van der Waals surface area contributed by atoms with Gasteiger partial charge in [-0.05, 0) is 0 Å². The van der Waals surface area contributed by atoms with Crippen molar-refractivity contribution in [2.24, 2.45) is 0 Å². The second kappa shape index (κ2) is 8.94. The van der Waals surface area contributed by atoms with Crippen LogP contribution in [0.25, 0.3) is 0 Å². The summed E-state index contributed by atoms with van der Waals surface area (Å²) in [5.41, 5.74) is 0. The standard InChI is InChI=1S/C12H22O11/c13-1-4(16)7(18)11(5(17)2-14)23-12-10(21)9(20)8(19)6(3-15)22-12/h1,4-12,14-21H,2-3H2/t4-,5-,6-,7-,8+,9-,10-,11-,12+/m1/s1. The van der Waals surface area contributed by atoms with Gasteiger partial charge in [0.1, 0.15) is 48.8 Å². The maximum atomic E-state index is 10.5. The summed E-state index contributed by atoms with van der Waals surface area (Å²) in [4.78, 5) is 10.5. The second-order valence-corrected chi connectivity index (χ2v) is 5.17. The number of ether oxygens (including phenoxy) is 2. The van der Waals surface area contributed by atoms with Gasteiger partial charge in [-0.2, -0.15) is 0 Å². The first kappa shape index (κ1) is 20.3. The molecule has 1 saturated heterocycles. The number of carbonyl (C=O) groups is 1. The predicted octanol–water partition coefficient (Wildman–Crippen LogP) is -5.55. The molecule has 11 heteroatoms. The van der Waals surface area contributed by atoms with E-state index < -0.39 is 68.3 Å². The molecule has 0 unspecified atom stereocenters. The van der Waals surface area contributed by atoms with Crippen molar-refractivity contribution >= 4 is 6.29 Å². The summed E-state index contributed by atoms with van der Waals surface area (Å²) in [6.07, 6.45) is -15.7. The highest BCUT2D eigenvalue weighted by Crippen LogP contribution is 2.24. The molecular weight excluding hydrogens is 320 g/mol. The van der Waals surface area contributed by atoms with Crippen molar-refractivity contribution in [3.05, 3.63) is 0 Å². The van der Waals surface area contributed by atoms with Crippen LogP contribution in [0.15, 0.2) is 0 Å². The molecule has 0 amide bonds. The number of aliphatic hydroxyl groups is 8. The number of aliphatic hydroxyl groups excluding tert-OH is 8. The van der Waals surface area contributed by atoms with E-state index in [-0.39, 0.29) is 6.29 Å². The molecule has 9 atom stereocenters. The van der Waals surface area contributed by atoms with E-state index in [0.717, 1.165) is 0 Å². The zero-order valence-electron chi connectivity index (χ0n) is 12.0. The van der Waals surface area contributed by atoms with Crippen molar-refractivity contribution in [1.29, 1.82) is 0 Å². The summed E-state index contributed by atoms with van der Waals surface area (Å²) in [5.74, 6) is 0. The molecule has 1 rings (SSSR count). The maximum absolute atomic E-state index is 10.5. The van der Waals surface area contributed by atoms with Crippen molar-refractivity contribution in [3.8, 4) is 0 Å². The Morgan fingerprint density at radius 2 is 1.65 bits per heavy atom. The summed E-state index contributed by atoms with van der Waals surface area (Å²) in [5, 5.41) is 75.7. The first-order valence-electron chi connectivity index (χ1n) is 6.84. The number of carbonyl (C=O) groups excluding carboxylic acids is 1. The lowest BCUT2D eigenvalue weighted by Gasteiger charge is -2.42. The fraction of sp³-hybridized carbons (Fsp3) is 0.917. The Balaban J connectivity index is 2.91. The predicted molar refractivity (Wildman–Crippen MR) is 69.8 cm³/mol. The third kappa shape index (κ3) is 4.64. The minimum atomic E-state index is -1.97. The molecule has 1 heterocycles. The van der Waals surface area contributed by atoms with E-state index in [1.54, 1.807) is 0 Å². The molecule has 1 aliphatic rings. The van der Waals surface area contributed by atoms with Gasteiger partial charge in [-0.3, -0.25) is 0 Å². The van der Waals surface area contributed by atoms with Crippen LogP contribution in [0.2, 0.25) is 0 Å². The van der Waals surface area contributed by atoms with E-state index in [1.807, 2.05) is 0 Å². The van der Waals surface area contributed by atoms with Gasteiger partial charge in [-0.1, -0.05) is 0 Å². The Hall–Kier alpha value is -0.730. The van der Waals surface area contributed by atoms with Gasteiger partial charge in [0.05, 0.1) is 13.2 Å². The van der Waals surface area contributed by atoms with Gasteiger partial charge in [-0.25, -0.2) is 0 Å². The van der Waals surface area contributed by atoms with Crippen LogP contribution in [0.5, 0.6) is 0 Å². The first-order chi connectivity index (χ1) is 10.8. The summed E-state index contributed by atoms with van der Waals surface area (Å²) in [6, 6.07) is 0. The maximum Gasteiger partial charge on any atom is 0.187 e. The SMILES string of the molecule is O=C[C@@H](O)[C@@H](O)[C@H](O[C@@H]1O[C@H](CO)[C@H](O)[C@@H](O)[C@H]1O)[C@H](O)CO. The average molecular weight is 342 g/mol. The highest BCUT2D eigenvalue weighted by molar-refractivity contribution is 5.56. The molecule has 1 aliphatic heterocycles. The third-order valence-electron chi connectivity index (χ3n) is 3.53. The Morgan fingerprint density at radius 3 is 2.13 bits per heavy atom. The molecule has 0 saturated carbocycles. The van der Waals surface area contributed by atoms with Gasteiger partial charge >= 0.3 is 0 Å². The van der Waals surface area contributed by atoms with Crippen LogP contribution in [0.1, 0.15) is 0 Å². The smallest absolute Gasteiger partial charge is 0.187 e. The molecule has 0 aromatic heterocycles. The van der Waals surface area contributed by atoms with Gasteiger partial charge in [-0.15, -0.1) is 0 Å². The van der Waals surface area contributed by atoms with Crippen LogP contribution in [0.3, 0.4) is 0 Å². The zero-order chi connectivity index (χ0) is 17.7. The molecule has 0 radical (unpaired) electrons. The minimum Gasteiger partial charge on any atom is -0.394 e. The molecule has 8 N–H and O–H groups in total. The number of hydrogen-bond acceptors (Lipinski definition) is 11. The summed E-state index contributed by atoms with van der Waals surface area (Å²) in [7, 11) is 0. The topological polar surface area (TPSA) is 197 Å². The lowest BCUT2D eigenvalue weighted by molar-refractivity contribution is -0.326. The highest BCUT2D eigenvalue weighted by Gasteiger charge is 2.46. The zero-order valence-corrected chi connectivity index (χ0v) is 12.0. The van der Waals surface area contributed by atoms with E-state index in [0.29, 0.717) is 0 Å².